The predicted octanol–water partition coefficient (Wildman–Crippen LogP) is 3.52. The van der Waals surface area contributed by atoms with Crippen molar-refractivity contribution in [2.24, 2.45) is 0 Å². The van der Waals surface area contributed by atoms with Gasteiger partial charge in [0.1, 0.15) is 12.1 Å². The molecule has 0 spiro atoms. The maximum Gasteiger partial charge on any atom is 0.269 e. The van der Waals surface area contributed by atoms with Gasteiger partial charge in [0.2, 0.25) is 0 Å². The zero-order chi connectivity index (χ0) is 17.6. The molecular formula is C18H20N2O3S. The second kappa shape index (κ2) is 5.63. The number of ether oxygens (including phenoxy) is 1. The molecule has 0 bridgehead atoms. The van der Waals surface area contributed by atoms with E-state index < -0.39 is 10.0 Å². The Labute approximate surface area is 142 Å². The van der Waals surface area contributed by atoms with Crippen molar-refractivity contribution in [1.29, 1.82) is 0 Å². The average Bonchev–Trinajstić information content (AvgIpc) is 2.92. The molecule has 0 radical (unpaired) electrons. The molecule has 2 aromatic carbocycles. The number of aromatic nitrogens is 2. The van der Waals surface area contributed by atoms with Crippen LogP contribution in [-0.4, -0.2) is 24.5 Å². The maximum atomic E-state index is 13.2. The molecule has 0 fully saturated rings. The van der Waals surface area contributed by atoms with Crippen LogP contribution in [0.4, 0.5) is 0 Å². The molecule has 0 atom stereocenters. The van der Waals surface area contributed by atoms with Crippen LogP contribution in [0.1, 0.15) is 22.3 Å². The summed E-state index contributed by atoms with van der Waals surface area (Å²) in [5, 5.41) is 0. The minimum atomic E-state index is -3.73. The number of rotatable bonds is 3. The fourth-order valence-electron chi connectivity index (χ4n) is 2.80. The van der Waals surface area contributed by atoms with Gasteiger partial charge in [-0.25, -0.2) is 17.4 Å². The van der Waals surface area contributed by atoms with E-state index in [1.165, 1.54) is 10.3 Å². The molecule has 0 aliphatic heterocycles. The van der Waals surface area contributed by atoms with Gasteiger partial charge in [-0.1, -0.05) is 0 Å². The van der Waals surface area contributed by atoms with E-state index in [9.17, 15) is 8.42 Å². The van der Waals surface area contributed by atoms with E-state index in [1.807, 2.05) is 32.9 Å². The topological polar surface area (TPSA) is 61.2 Å². The lowest BCUT2D eigenvalue weighted by molar-refractivity contribution is 0.411. The summed E-state index contributed by atoms with van der Waals surface area (Å²) in [4.78, 5) is 4.52. The van der Waals surface area contributed by atoms with Crippen molar-refractivity contribution in [2.75, 3.05) is 7.11 Å². The zero-order valence-electron chi connectivity index (χ0n) is 14.4. The van der Waals surface area contributed by atoms with Crippen molar-refractivity contribution in [3.63, 3.8) is 0 Å². The molecule has 24 heavy (non-hydrogen) atoms. The summed E-state index contributed by atoms with van der Waals surface area (Å²) in [5.74, 6) is 0.674. The molecule has 0 unspecified atom stereocenters. The second-order valence-corrected chi connectivity index (χ2v) is 7.84. The smallest absolute Gasteiger partial charge is 0.269 e. The fourth-order valence-corrected chi connectivity index (χ4v) is 4.38. The van der Waals surface area contributed by atoms with Gasteiger partial charge >= 0.3 is 0 Å². The highest BCUT2D eigenvalue weighted by atomic mass is 32.2. The quantitative estimate of drug-likeness (QED) is 0.729. The molecule has 5 nitrogen and oxygen atoms in total. The average molecular weight is 344 g/mol. The van der Waals surface area contributed by atoms with Crippen molar-refractivity contribution in [3.05, 3.63) is 52.8 Å². The first-order valence-electron chi connectivity index (χ1n) is 7.61. The van der Waals surface area contributed by atoms with Crippen LogP contribution in [0.25, 0.3) is 11.0 Å². The van der Waals surface area contributed by atoms with Gasteiger partial charge in [-0.15, -0.1) is 0 Å². The SMILES string of the molecule is COc1cc(C)c(S(=O)(=O)n2cnc3cc(C)c(C)cc32)cc1C. The molecule has 3 aromatic rings. The molecule has 1 heterocycles. The third kappa shape index (κ3) is 2.47. The fraction of sp³-hybridized carbons (Fsp3) is 0.278. The zero-order valence-corrected chi connectivity index (χ0v) is 15.2. The Bertz CT molecular complexity index is 1050. The van der Waals surface area contributed by atoms with E-state index in [4.69, 9.17) is 4.74 Å². The molecule has 0 saturated heterocycles. The third-order valence-electron chi connectivity index (χ3n) is 4.36. The largest absolute Gasteiger partial charge is 0.496 e. The van der Waals surface area contributed by atoms with Crippen molar-refractivity contribution >= 4 is 21.1 Å². The Hall–Kier alpha value is -2.34. The molecule has 0 amide bonds. The number of imidazole rings is 1. The van der Waals surface area contributed by atoms with Gasteiger partial charge in [-0.2, -0.15) is 0 Å². The van der Waals surface area contributed by atoms with Crippen molar-refractivity contribution < 1.29 is 13.2 Å². The number of benzene rings is 2. The number of hydrogen-bond acceptors (Lipinski definition) is 4. The first-order valence-corrected chi connectivity index (χ1v) is 9.05. The summed E-state index contributed by atoms with van der Waals surface area (Å²) < 4.78 is 32.8. The highest BCUT2D eigenvalue weighted by Gasteiger charge is 2.23. The van der Waals surface area contributed by atoms with E-state index in [-0.39, 0.29) is 4.90 Å². The summed E-state index contributed by atoms with van der Waals surface area (Å²) >= 11 is 0. The highest BCUT2D eigenvalue weighted by molar-refractivity contribution is 7.90. The summed E-state index contributed by atoms with van der Waals surface area (Å²) in [6, 6.07) is 7.16. The van der Waals surface area contributed by atoms with Crippen molar-refractivity contribution in [1.82, 2.24) is 8.96 Å². The van der Waals surface area contributed by atoms with E-state index >= 15 is 0 Å². The molecule has 6 heteroatoms. The van der Waals surface area contributed by atoms with Crippen LogP contribution in [0.15, 0.2) is 35.5 Å². The monoisotopic (exact) mass is 344 g/mol. The van der Waals surface area contributed by atoms with Crippen LogP contribution in [-0.2, 0) is 10.0 Å². The van der Waals surface area contributed by atoms with Crippen LogP contribution in [0.5, 0.6) is 5.75 Å². The predicted molar refractivity (Wildman–Crippen MR) is 94.3 cm³/mol. The summed E-state index contributed by atoms with van der Waals surface area (Å²) in [7, 11) is -2.16. The minimum absolute atomic E-state index is 0.262. The van der Waals surface area contributed by atoms with Gasteiger partial charge in [-0.3, -0.25) is 0 Å². The van der Waals surface area contributed by atoms with Gasteiger partial charge in [0.15, 0.2) is 0 Å². The van der Waals surface area contributed by atoms with E-state index in [1.54, 1.807) is 26.2 Å². The molecule has 1 aromatic heterocycles. The van der Waals surface area contributed by atoms with Crippen molar-refractivity contribution in [2.45, 2.75) is 32.6 Å². The Kier molecular flexibility index (Phi) is 3.87. The maximum absolute atomic E-state index is 13.2. The van der Waals surface area contributed by atoms with Gasteiger partial charge < -0.3 is 4.74 Å². The third-order valence-corrected chi connectivity index (χ3v) is 6.16. The lowest BCUT2D eigenvalue weighted by Crippen LogP contribution is -2.14. The second-order valence-electron chi connectivity index (χ2n) is 6.06. The van der Waals surface area contributed by atoms with Crippen LogP contribution in [0.3, 0.4) is 0 Å². The standard InChI is InChI=1S/C18H20N2O3S/c1-11-6-15-16(7-12(11)2)20(10-19-15)24(21,22)18-9-13(3)17(23-5)8-14(18)4/h6-10H,1-5H3. The lowest BCUT2D eigenvalue weighted by atomic mass is 10.1. The van der Waals surface area contributed by atoms with Gasteiger partial charge in [-0.05, 0) is 74.2 Å². The minimum Gasteiger partial charge on any atom is -0.496 e. The van der Waals surface area contributed by atoms with Crippen LogP contribution >= 0.6 is 0 Å². The first kappa shape index (κ1) is 16.5. The molecule has 0 saturated carbocycles. The Balaban J connectivity index is 2.26. The molecule has 0 aliphatic rings. The van der Waals surface area contributed by atoms with Crippen molar-refractivity contribution in [3.8, 4) is 5.75 Å². The summed E-state index contributed by atoms with van der Waals surface area (Å²) in [6.45, 7) is 7.54. The van der Waals surface area contributed by atoms with Gasteiger partial charge in [0.05, 0.1) is 23.0 Å². The van der Waals surface area contributed by atoms with Crippen LogP contribution in [0, 0.1) is 27.7 Å². The molecular weight excluding hydrogens is 324 g/mol. The lowest BCUT2D eigenvalue weighted by Gasteiger charge is -2.13. The highest BCUT2D eigenvalue weighted by Crippen LogP contribution is 2.29. The number of aryl methyl sites for hydroxylation is 4. The summed E-state index contributed by atoms with van der Waals surface area (Å²) in [6.07, 6.45) is 1.37. The Morgan fingerprint density at radius 2 is 1.58 bits per heavy atom. The Morgan fingerprint density at radius 1 is 0.917 bits per heavy atom. The van der Waals surface area contributed by atoms with E-state index in [0.717, 1.165) is 16.7 Å². The molecule has 126 valence electrons. The van der Waals surface area contributed by atoms with Crippen LogP contribution < -0.4 is 4.74 Å². The number of methoxy groups -OCH3 is 1. The normalized spacial score (nSPS) is 11.9. The Morgan fingerprint density at radius 3 is 2.25 bits per heavy atom. The van der Waals surface area contributed by atoms with E-state index in [0.29, 0.717) is 22.3 Å². The van der Waals surface area contributed by atoms with Gasteiger partial charge in [0.25, 0.3) is 10.0 Å². The number of fused-ring (bicyclic) bond motifs is 1. The van der Waals surface area contributed by atoms with Crippen LogP contribution in [0.2, 0.25) is 0 Å². The van der Waals surface area contributed by atoms with Gasteiger partial charge in [0, 0.05) is 0 Å². The number of nitrogens with zero attached hydrogens (tertiary/aromatic N) is 2. The summed E-state index contributed by atoms with van der Waals surface area (Å²) in [5.41, 5.74) is 4.79. The van der Waals surface area contributed by atoms with E-state index in [2.05, 4.69) is 4.98 Å². The molecule has 0 aliphatic carbocycles. The number of hydrogen-bond donors (Lipinski definition) is 0. The molecule has 0 N–H and O–H groups in total. The first-order chi connectivity index (χ1) is 11.3. The molecule has 3 rings (SSSR count).